The van der Waals surface area contributed by atoms with E-state index in [0.29, 0.717) is 5.54 Å². The first-order valence-corrected chi connectivity index (χ1v) is 19.8. The summed E-state index contributed by atoms with van der Waals surface area (Å²) in [6.45, 7) is 14.5. The average molecular weight is 615 g/mol. The summed E-state index contributed by atoms with van der Waals surface area (Å²) >= 11 is 0. The van der Waals surface area contributed by atoms with Crippen LogP contribution in [0.15, 0.2) is 0 Å². The van der Waals surface area contributed by atoms with Gasteiger partial charge in [-0.05, 0) is 46.7 Å². The molecule has 42 heavy (non-hydrogen) atoms. The van der Waals surface area contributed by atoms with Crippen LogP contribution in [-0.4, -0.2) is 23.5 Å². The van der Waals surface area contributed by atoms with Gasteiger partial charge in [-0.25, -0.2) is 0 Å². The fraction of sp³-hybridized carbons (Fsp3) is 1.00. The quantitative estimate of drug-likeness (QED) is 0.0652. The Labute approximate surface area is 275 Å². The van der Waals surface area contributed by atoms with Crippen molar-refractivity contribution >= 4 is 12.4 Å². The third-order valence-electron chi connectivity index (χ3n) is 9.51. The van der Waals surface area contributed by atoms with Gasteiger partial charge >= 0.3 is 0 Å². The van der Waals surface area contributed by atoms with Crippen molar-refractivity contribution in [2.75, 3.05) is 13.1 Å². The molecule has 0 aromatic rings. The summed E-state index contributed by atoms with van der Waals surface area (Å²) in [6, 6.07) is 0. The van der Waals surface area contributed by atoms with Crippen LogP contribution < -0.4 is 0 Å². The molecule has 0 aliphatic carbocycles. The molecule has 0 aliphatic rings. The summed E-state index contributed by atoms with van der Waals surface area (Å²) in [7, 11) is 0. The summed E-state index contributed by atoms with van der Waals surface area (Å²) < 4.78 is 0. The van der Waals surface area contributed by atoms with Crippen molar-refractivity contribution in [1.82, 2.24) is 4.90 Å². The number of hydrogen-bond acceptors (Lipinski definition) is 1. The molecule has 0 rings (SSSR count). The third-order valence-corrected chi connectivity index (χ3v) is 9.51. The maximum absolute atomic E-state index is 2.78. The molecule has 0 N–H and O–H groups in total. The number of halogens is 1. The van der Waals surface area contributed by atoms with Gasteiger partial charge in [0.15, 0.2) is 0 Å². The first-order chi connectivity index (χ1) is 20.0. The van der Waals surface area contributed by atoms with Crippen LogP contribution in [0.3, 0.4) is 0 Å². The Bertz CT molecular complexity index is 435. The van der Waals surface area contributed by atoms with Crippen LogP contribution in [0.1, 0.15) is 240 Å². The van der Waals surface area contributed by atoms with Gasteiger partial charge in [-0.1, -0.05) is 206 Å². The smallest absolute Gasteiger partial charge is 0.0125 e. The summed E-state index contributed by atoms with van der Waals surface area (Å²) in [5.41, 5.74) is 0.324. The monoisotopic (exact) mass is 614 g/mol. The summed E-state index contributed by atoms with van der Waals surface area (Å²) in [5.74, 6) is 0. The fourth-order valence-corrected chi connectivity index (χ4v) is 6.48. The topological polar surface area (TPSA) is 3.24 Å². The molecule has 0 atom stereocenters. The molecule has 0 heterocycles. The molecule has 256 valence electrons. The Morgan fingerprint density at radius 3 is 0.619 bits per heavy atom. The summed E-state index contributed by atoms with van der Waals surface area (Å²) in [6.07, 6.45) is 46.6. The first kappa shape index (κ1) is 44.4. The van der Waals surface area contributed by atoms with Crippen molar-refractivity contribution in [3.8, 4) is 0 Å². The van der Waals surface area contributed by atoms with Gasteiger partial charge in [0.25, 0.3) is 0 Å². The minimum absolute atomic E-state index is 0. The average Bonchev–Trinajstić information content (AvgIpc) is 2.95. The van der Waals surface area contributed by atoms with Gasteiger partial charge in [-0.15, -0.1) is 12.4 Å². The third kappa shape index (κ3) is 34.7. The number of hydrogen-bond donors (Lipinski definition) is 0. The molecule has 0 saturated heterocycles. The molecule has 0 fully saturated rings. The zero-order valence-corrected chi connectivity index (χ0v) is 31.2. The van der Waals surface area contributed by atoms with E-state index in [9.17, 15) is 0 Å². The van der Waals surface area contributed by atoms with E-state index in [1.807, 2.05) is 0 Å². The molecule has 0 radical (unpaired) electrons. The second-order valence-electron chi connectivity index (χ2n) is 14.8. The highest BCUT2D eigenvalue weighted by Crippen LogP contribution is 2.19. The molecule has 0 saturated carbocycles. The van der Waals surface area contributed by atoms with Gasteiger partial charge in [-0.2, -0.15) is 0 Å². The maximum Gasteiger partial charge on any atom is 0.0125 e. The lowest BCUT2D eigenvalue weighted by atomic mass is 10.0. The molecule has 0 bridgehead atoms. The van der Waals surface area contributed by atoms with Crippen LogP contribution in [0.25, 0.3) is 0 Å². The lowest BCUT2D eigenvalue weighted by Crippen LogP contribution is -2.42. The van der Waals surface area contributed by atoms with Crippen molar-refractivity contribution < 1.29 is 0 Å². The van der Waals surface area contributed by atoms with E-state index < -0.39 is 0 Å². The van der Waals surface area contributed by atoms with E-state index in [-0.39, 0.29) is 12.4 Å². The number of unbranched alkanes of at least 4 members (excludes halogenated alkanes) is 30. The van der Waals surface area contributed by atoms with Crippen molar-refractivity contribution in [2.45, 2.75) is 246 Å². The maximum atomic E-state index is 2.78. The van der Waals surface area contributed by atoms with Gasteiger partial charge in [0.1, 0.15) is 0 Å². The Hall–Kier alpha value is 0.250. The molecule has 0 aliphatic heterocycles. The number of nitrogens with zero attached hydrogens (tertiary/aromatic N) is 1. The molecule has 0 aromatic carbocycles. The van der Waals surface area contributed by atoms with Crippen LogP contribution in [-0.2, 0) is 0 Å². The SMILES string of the molecule is CCCCCCCCCCCCCCCCCCN(CCCCCCCCCCCCCCCCCC)C(C)(C)C.Cl. The highest BCUT2D eigenvalue weighted by Gasteiger charge is 2.19. The minimum Gasteiger partial charge on any atom is -0.298 e. The zero-order chi connectivity index (χ0) is 30.1. The van der Waals surface area contributed by atoms with E-state index >= 15 is 0 Å². The molecule has 0 amide bonds. The Balaban J connectivity index is 0. The normalized spacial score (nSPS) is 11.9. The zero-order valence-electron chi connectivity index (χ0n) is 30.4. The van der Waals surface area contributed by atoms with Crippen LogP contribution in [0, 0.1) is 0 Å². The van der Waals surface area contributed by atoms with E-state index in [1.54, 1.807) is 0 Å². The van der Waals surface area contributed by atoms with Gasteiger partial charge in [-0.3, -0.25) is 4.90 Å². The number of rotatable bonds is 34. The van der Waals surface area contributed by atoms with Crippen molar-refractivity contribution in [1.29, 1.82) is 0 Å². The van der Waals surface area contributed by atoms with E-state index in [4.69, 9.17) is 0 Å². The standard InChI is InChI=1S/C40H83N.ClH/c1-6-8-10-12-14-16-18-20-22-24-26-28-30-32-34-36-38-41(40(3,4)5)39-37-35-33-31-29-27-25-23-21-19-17-15-13-11-9-7-2;/h6-39H2,1-5H3;1H. The molecule has 1 nitrogen and oxygen atoms in total. The van der Waals surface area contributed by atoms with Crippen molar-refractivity contribution in [2.24, 2.45) is 0 Å². The molecular formula is C40H84ClN. The molecule has 0 spiro atoms. The summed E-state index contributed by atoms with van der Waals surface area (Å²) in [4.78, 5) is 2.78. The van der Waals surface area contributed by atoms with Crippen molar-refractivity contribution in [3.63, 3.8) is 0 Å². The Morgan fingerprint density at radius 1 is 0.286 bits per heavy atom. The van der Waals surface area contributed by atoms with Gasteiger partial charge in [0.2, 0.25) is 0 Å². The predicted octanol–water partition coefficient (Wildman–Crippen LogP) is 15.0. The van der Waals surface area contributed by atoms with Gasteiger partial charge in [0.05, 0.1) is 0 Å². The van der Waals surface area contributed by atoms with E-state index in [0.717, 1.165) is 0 Å². The first-order valence-electron chi connectivity index (χ1n) is 19.8. The van der Waals surface area contributed by atoms with E-state index in [2.05, 4.69) is 39.5 Å². The van der Waals surface area contributed by atoms with Crippen LogP contribution >= 0.6 is 12.4 Å². The lowest BCUT2D eigenvalue weighted by molar-refractivity contribution is 0.130. The lowest BCUT2D eigenvalue weighted by Gasteiger charge is -2.36. The fourth-order valence-electron chi connectivity index (χ4n) is 6.48. The Kier molecular flexibility index (Phi) is 37.7. The second kappa shape index (κ2) is 35.7. The van der Waals surface area contributed by atoms with Gasteiger partial charge in [0, 0.05) is 5.54 Å². The molecule has 0 aromatic heterocycles. The van der Waals surface area contributed by atoms with Crippen molar-refractivity contribution in [3.05, 3.63) is 0 Å². The van der Waals surface area contributed by atoms with E-state index in [1.165, 1.54) is 219 Å². The second-order valence-corrected chi connectivity index (χ2v) is 14.8. The predicted molar refractivity (Wildman–Crippen MR) is 198 cm³/mol. The Morgan fingerprint density at radius 2 is 0.452 bits per heavy atom. The summed E-state index contributed by atoms with van der Waals surface area (Å²) in [5, 5.41) is 0. The molecular weight excluding hydrogens is 530 g/mol. The highest BCUT2D eigenvalue weighted by molar-refractivity contribution is 5.85. The highest BCUT2D eigenvalue weighted by atomic mass is 35.5. The van der Waals surface area contributed by atoms with Crippen LogP contribution in [0.2, 0.25) is 0 Å². The molecule has 2 heteroatoms. The van der Waals surface area contributed by atoms with Crippen LogP contribution in [0.4, 0.5) is 0 Å². The van der Waals surface area contributed by atoms with Crippen LogP contribution in [0.5, 0.6) is 0 Å². The largest absolute Gasteiger partial charge is 0.298 e. The molecule has 0 unspecified atom stereocenters. The van der Waals surface area contributed by atoms with Gasteiger partial charge < -0.3 is 0 Å². The minimum atomic E-state index is 0.